The lowest BCUT2D eigenvalue weighted by molar-refractivity contribution is 0.163. The molecule has 1 saturated carbocycles. The van der Waals surface area contributed by atoms with Gasteiger partial charge in [0.2, 0.25) is 0 Å². The molecule has 76 valence electrons. The fourth-order valence-corrected chi connectivity index (χ4v) is 3.61. The average Bonchev–Trinajstić information content (AvgIpc) is 2.53. The molecule has 2 nitrogen and oxygen atoms in total. The number of hydrogen-bond donors (Lipinski definition) is 1. The molecule has 0 spiro atoms. The molecule has 0 radical (unpaired) electrons. The third kappa shape index (κ3) is 2.20. The van der Waals surface area contributed by atoms with Crippen molar-refractivity contribution in [2.24, 2.45) is 5.73 Å². The van der Waals surface area contributed by atoms with E-state index in [4.69, 9.17) is 5.73 Å². The summed E-state index contributed by atoms with van der Waals surface area (Å²) in [6.07, 6.45) is 3.80. The van der Waals surface area contributed by atoms with Crippen LogP contribution in [0.5, 0.6) is 0 Å². The van der Waals surface area contributed by atoms with Crippen molar-refractivity contribution in [3.63, 3.8) is 0 Å². The summed E-state index contributed by atoms with van der Waals surface area (Å²) < 4.78 is 0. The fourth-order valence-electron chi connectivity index (χ4n) is 2.58. The Labute approximate surface area is 85.2 Å². The Hall–Kier alpha value is 0.270. The molecular formula is C10H20N2S. The zero-order valence-electron chi connectivity index (χ0n) is 8.41. The molecule has 3 atom stereocenters. The molecule has 0 aromatic heterocycles. The van der Waals surface area contributed by atoms with E-state index in [1.54, 1.807) is 0 Å². The first-order valence-electron chi connectivity index (χ1n) is 5.36. The monoisotopic (exact) mass is 200 g/mol. The molecule has 2 rings (SSSR count). The number of thioether (sulfide) groups is 1. The van der Waals surface area contributed by atoms with E-state index in [1.807, 2.05) is 0 Å². The number of nitrogens with two attached hydrogens (primary N) is 1. The van der Waals surface area contributed by atoms with Crippen LogP contribution < -0.4 is 5.73 Å². The lowest BCUT2D eigenvalue weighted by Crippen LogP contribution is -2.46. The van der Waals surface area contributed by atoms with Gasteiger partial charge in [0.1, 0.15) is 0 Å². The van der Waals surface area contributed by atoms with Crippen LogP contribution in [0.3, 0.4) is 0 Å². The van der Waals surface area contributed by atoms with Gasteiger partial charge in [0.05, 0.1) is 0 Å². The third-order valence-electron chi connectivity index (χ3n) is 3.33. The van der Waals surface area contributed by atoms with E-state index >= 15 is 0 Å². The maximum absolute atomic E-state index is 5.95. The van der Waals surface area contributed by atoms with E-state index in [0.717, 1.165) is 12.1 Å². The lowest BCUT2D eigenvalue weighted by atomic mass is 10.1. The van der Waals surface area contributed by atoms with Crippen LogP contribution in [0, 0.1) is 0 Å². The largest absolute Gasteiger partial charge is 0.328 e. The van der Waals surface area contributed by atoms with Crippen LogP contribution in [0.2, 0.25) is 0 Å². The number of nitrogens with zero attached hydrogens (tertiary/aromatic N) is 1. The molecule has 0 aromatic carbocycles. The quantitative estimate of drug-likeness (QED) is 0.692. The molecule has 1 aliphatic heterocycles. The van der Waals surface area contributed by atoms with Crippen molar-refractivity contribution in [2.45, 2.75) is 44.3 Å². The maximum atomic E-state index is 5.95. The maximum Gasteiger partial charge on any atom is 0.0161 e. The molecule has 0 bridgehead atoms. The molecular weight excluding hydrogens is 180 g/mol. The Morgan fingerprint density at radius 1 is 1.38 bits per heavy atom. The van der Waals surface area contributed by atoms with Gasteiger partial charge in [0.15, 0.2) is 0 Å². The summed E-state index contributed by atoms with van der Waals surface area (Å²) in [7, 11) is 0. The van der Waals surface area contributed by atoms with E-state index in [-0.39, 0.29) is 0 Å². The van der Waals surface area contributed by atoms with Crippen LogP contribution in [0.25, 0.3) is 0 Å². The van der Waals surface area contributed by atoms with Gasteiger partial charge >= 0.3 is 0 Å². The van der Waals surface area contributed by atoms with Crippen molar-refractivity contribution >= 4 is 11.8 Å². The van der Waals surface area contributed by atoms with E-state index in [2.05, 4.69) is 23.6 Å². The molecule has 1 aliphatic carbocycles. The predicted molar refractivity (Wildman–Crippen MR) is 59.1 cm³/mol. The van der Waals surface area contributed by atoms with Crippen molar-refractivity contribution in [2.75, 3.05) is 18.1 Å². The van der Waals surface area contributed by atoms with Crippen molar-refractivity contribution < 1.29 is 0 Å². The zero-order valence-corrected chi connectivity index (χ0v) is 9.22. The van der Waals surface area contributed by atoms with Crippen LogP contribution in [0.15, 0.2) is 0 Å². The predicted octanol–water partition coefficient (Wildman–Crippen LogP) is 1.30. The van der Waals surface area contributed by atoms with Crippen molar-refractivity contribution in [1.29, 1.82) is 0 Å². The van der Waals surface area contributed by atoms with Crippen LogP contribution in [0.1, 0.15) is 26.2 Å². The van der Waals surface area contributed by atoms with Gasteiger partial charge in [-0.25, -0.2) is 0 Å². The van der Waals surface area contributed by atoms with Gasteiger partial charge in [0, 0.05) is 36.2 Å². The van der Waals surface area contributed by atoms with E-state index in [0.29, 0.717) is 6.04 Å². The van der Waals surface area contributed by atoms with Crippen LogP contribution in [0.4, 0.5) is 0 Å². The second kappa shape index (κ2) is 4.20. The Kier molecular flexibility index (Phi) is 3.17. The summed E-state index contributed by atoms with van der Waals surface area (Å²) in [6.45, 7) is 3.64. The minimum Gasteiger partial charge on any atom is -0.328 e. The molecule has 1 heterocycles. The first kappa shape index (κ1) is 9.81. The molecule has 2 fully saturated rings. The molecule has 1 saturated heterocycles. The third-order valence-corrected chi connectivity index (χ3v) is 4.52. The van der Waals surface area contributed by atoms with Crippen LogP contribution in [-0.2, 0) is 0 Å². The summed E-state index contributed by atoms with van der Waals surface area (Å²) in [5, 5.41) is 0. The second-order valence-corrected chi connectivity index (χ2v) is 5.54. The van der Waals surface area contributed by atoms with Gasteiger partial charge in [-0.15, -0.1) is 0 Å². The highest BCUT2D eigenvalue weighted by Gasteiger charge is 2.31. The summed E-state index contributed by atoms with van der Waals surface area (Å²) in [5.74, 6) is 2.63. The first-order chi connectivity index (χ1) is 6.27. The van der Waals surface area contributed by atoms with Crippen LogP contribution in [-0.4, -0.2) is 41.1 Å². The smallest absolute Gasteiger partial charge is 0.0161 e. The van der Waals surface area contributed by atoms with Gasteiger partial charge in [-0.3, -0.25) is 4.90 Å². The number of rotatable bonds is 1. The van der Waals surface area contributed by atoms with Gasteiger partial charge in [-0.05, 0) is 26.2 Å². The lowest BCUT2D eigenvalue weighted by Gasteiger charge is -2.37. The summed E-state index contributed by atoms with van der Waals surface area (Å²) in [5.41, 5.74) is 5.95. The number of hydrogen-bond acceptors (Lipinski definition) is 3. The minimum atomic E-state index is 0.478. The second-order valence-electron chi connectivity index (χ2n) is 4.39. The zero-order chi connectivity index (χ0) is 9.26. The molecule has 0 aromatic rings. The minimum absolute atomic E-state index is 0.478. The highest BCUT2D eigenvalue weighted by atomic mass is 32.2. The van der Waals surface area contributed by atoms with Crippen molar-refractivity contribution in [3.05, 3.63) is 0 Å². The normalized spacial score (nSPS) is 42.5. The van der Waals surface area contributed by atoms with Gasteiger partial charge < -0.3 is 5.73 Å². The SMILES string of the molecule is CC1CSCCN1C1CCC(N)C1. The van der Waals surface area contributed by atoms with Crippen LogP contribution >= 0.6 is 11.8 Å². The van der Waals surface area contributed by atoms with Gasteiger partial charge in [-0.2, -0.15) is 11.8 Å². The molecule has 3 unspecified atom stereocenters. The Balaban J connectivity index is 1.91. The Morgan fingerprint density at radius 3 is 2.85 bits per heavy atom. The molecule has 13 heavy (non-hydrogen) atoms. The van der Waals surface area contributed by atoms with E-state index in [1.165, 1.54) is 37.3 Å². The molecule has 2 N–H and O–H groups in total. The van der Waals surface area contributed by atoms with Crippen molar-refractivity contribution in [1.82, 2.24) is 4.90 Å². The highest BCUT2D eigenvalue weighted by molar-refractivity contribution is 7.99. The molecule has 2 aliphatic rings. The summed E-state index contributed by atoms with van der Waals surface area (Å²) in [4.78, 5) is 2.68. The Bertz CT molecular complexity index is 174. The summed E-state index contributed by atoms with van der Waals surface area (Å²) >= 11 is 2.09. The average molecular weight is 200 g/mol. The topological polar surface area (TPSA) is 29.3 Å². The van der Waals surface area contributed by atoms with E-state index in [9.17, 15) is 0 Å². The highest BCUT2D eigenvalue weighted by Crippen LogP contribution is 2.27. The van der Waals surface area contributed by atoms with Gasteiger partial charge in [-0.1, -0.05) is 0 Å². The first-order valence-corrected chi connectivity index (χ1v) is 6.52. The Morgan fingerprint density at radius 2 is 2.23 bits per heavy atom. The fraction of sp³-hybridized carbons (Fsp3) is 1.00. The van der Waals surface area contributed by atoms with Gasteiger partial charge in [0.25, 0.3) is 0 Å². The molecule has 0 amide bonds. The molecule has 3 heteroatoms. The summed E-state index contributed by atoms with van der Waals surface area (Å²) in [6, 6.07) is 2.05. The standard InChI is InChI=1S/C10H20N2S/c1-8-7-13-5-4-12(8)10-3-2-9(11)6-10/h8-10H,2-7,11H2,1H3. The van der Waals surface area contributed by atoms with Crippen molar-refractivity contribution in [3.8, 4) is 0 Å². The van der Waals surface area contributed by atoms with E-state index < -0.39 is 0 Å².